The molecule has 1 aromatic rings. The summed E-state index contributed by atoms with van der Waals surface area (Å²) in [5, 5.41) is 8.61. The average molecular weight is 227 g/mol. The molecule has 1 rings (SSSR count). The van der Waals surface area contributed by atoms with Crippen molar-refractivity contribution in [2.75, 3.05) is 0 Å². The van der Waals surface area contributed by atoms with Crippen LogP contribution in [0.25, 0.3) is 0 Å². The van der Waals surface area contributed by atoms with E-state index in [0.717, 1.165) is 16.7 Å². The molecule has 1 nitrogen and oxygen atoms in total. The highest BCUT2D eigenvalue weighted by Crippen LogP contribution is 2.13. The van der Waals surface area contributed by atoms with Crippen LogP contribution in [0.15, 0.2) is 54.7 Å². The summed E-state index contributed by atoms with van der Waals surface area (Å²) in [6, 6.07) is 6.39. The Morgan fingerprint density at radius 3 is 2.65 bits per heavy atom. The first-order valence-corrected chi connectivity index (χ1v) is 5.23. The molecule has 0 aliphatic carbocycles. The Kier molecular flexibility index (Phi) is 4.42. The molecule has 0 spiro atoms. The summed E-state index contributed by atoms with van der Waals surface area (Å²) in [6.45, 7) is 9.52. The molecular weight excluding hydrogens is 213 g/mol. The van der Waals surface area contributed by atoms with Crippen molar-refractivity contribution >= 4 is 0 Å². The van der Waals surface area contributed by atoms with Crippen LogP contribution < -0.4 is 0 Å². The van der Waals surface area contributed by atoms with E-state index >= 15 is 0 Å². The maximum Gasteiger partial charge on any atom is 0.141 e. The fraction of sp³-hybridized carbons (Fsp3) is 0.133. The van der Waals surface area contributed by atoms with E-state index in [0.29, 0.717) is 6.42 Å². The van der Waals surface area contributed by atoms with Gasteiger partial charge in [0.05, 0.1) is 5.56 Å². The Morgan fingerprint density at radius 1 is 1.41 bits per heavy atom. The highest BCUT2D eigenvalue weighted by atomic mass is 19.1. The van der Waals surface area contributed by atoms with Gasteiger partial charge in [0.15, 0.2) is 0 Å². The van der Waals surface area contributed by atoms with E-state index in [1.165, 1.54) is 12.1 Å². The van der Waals surface area contributed by atoms with Crippen molar-refractivity contribution < 1.29 is 4.39 Å². The summed E-state index contributed by atoms with van der Waals surface area (Å²) < 4.78 is 13.3. The van der Waals surface area contributed by atoms with Crippen LogP contribution in [0.2, 0.25) is 0 Å². The maximum atomic E-state index is 13.3. The number of rotatable bonds is 4. The van der Waals surface area contributed by atoms with Crippen LogP contribution in [0.4, 0.5) is 4.39 Å². The van der Waals surface area contributed by atoms with Gasteiger partial charge in [-0.05, 0) is 31.0 Å². The number of nitriles is 1. The van der Waals surface area contributed by atoms with Crippen molar-refractivity contribution in [1.29, 1.82) is 5.26 Å². The van der Waals surface area contributed by atoms with Gasteiger partial charge >= 0.3 is 0 Å². The van der Waals surface area contributed by atoms with Crippen LogP contribution in [0.3, 0.4) is 0 Å². The Morgan fingerprint density at radius 2 is 2.12 bits per heavy atom. The largest absolute Gasteiger partial charge is 0.206 e. The number of nitrogens with zero attached hydrogens (tertiary/aromatic N) is 1. The van der Waals surface area contributed by atoms with E-state index in [4.69, 9.17) is 5.26 Å². The highest BCUT2D eigenvalue weighted by Gasteiger charge is 2.02. The van der Waals surface area contributed by atoms with Crippen LogP contribution in [0.1, 0.15) is 18.1 Å². The van der Waals surface area contributed by atoms with E-state index in [9.17, 15) is 4.39 Å². The third-order valence-corrected chi connectivity index (χ3v) is 2.19. The lowest BCUT2D eigenvalue weighted by Gasteiger charge is -2.02. The molecule has 0 N–H and O–H groups in total. The van der Waals surface area contributed by atoms with Crippen LogP contribution in [-0.4, -0.2) is 0 Å². The van der Waals surface area contributed by atoms with Crippen molar-refractivity contribution in [2.24, 2.45) is 0 Å². The molecule has 0 heterocycles. The van der Waals surface area contributed by atoms with Crippen LogP contribution in [-0.2, 0) is 6.42 Å². The van der Waals surface area contributed by atoms with E-state index in [1.54, 1.807) is 12.1 Å². The summed E-state index contributed by atoms with van der Waals surface area (Å²) in [4.78, 5) is 0. The summed E-state index contributed by atoms with van der Waals surface area (Å²) in [7, 11) is 0. The van der Waals surface area contributed by atoms with Gasteiger partial charge in [0.1, 0.15) is 11.9 Å². The van der Waals surface area contributed by atoms with Crippen molar-refractivity contribution in [1.82, 2.24) is 0 Å². The van der Waals surface area contributed by atoms with E-state index in [1.807, 2.05) is 19.1 Å². The highest BCUT2D eigenvalue weighted by molar-refractivity contribution is 5.36. The quantitative estimate of drug-likeness (QED) is 0.715. The molecule has 0 amide bonds. The van der Waals surface area contributed by atoms with Gasteiger partial charge in [-0.3, -0.25) is 0 Å². The van der Waals surface area contributed by atoms with Gasteiger partial charge in [-0.15, -0.1) is 0 Å². The molecule has 0 aliphatic heterocycles. The predicted molar refractivity (Wildman–Crippen MR) is 67.9 cm³/mol. The lowest BCUT2D eigenvalue weighted by molar-refractivity contribution is 0.622. The zero-order valence-corrected chi connectivity index (χ0v) is 9.83. The molecule has 0 atom stereocenters. The molecule has 0 bridgehead atoms. The second kappa shape index (κ2) is 5.81. The molecule has 2 heteroatoms. The number of halogens is 1. The van der Waals surface area contributed by atoms with Gasteiger partial charge in [0, 0.05) is 0 Å². The summed E-state index contributed by atoms with van der Waals surface area (Å²) >= 11 is 0. The maximum absolute atomic E-state index is 13.3. The van der Waals surface area contributed by atoms with Crippen molar-refractivity contribution in [3.05, 3.63) is 71.6 Å². The standard InChI is InChI=1S/C15H14FN/c1-11(2)4-5-12(3)8-13-6-7-14(10-17)15(16)9-13/h4-7,9H,1,3,8H2,2H3/b5-4-. The topological polar surface area (TPSA) is 23.8 Å². The predicted octanol–water partition coefficient (Wildman–Crippen LogP) is 3.93. The second-order valence-electron chi connectivity index (χ2n) is 3.94. The summed E-state index contributed by atoms with van der Waals surface area (Å²) in [6.07, 6.45) is 4.28. The average Bonchev–Trinajstić information content (AvgIpc) is 2.26. The van der Waals surface area contributed by atoms with Gasteiger partial charge in [-0.25, -0.2) is 4.39 Å². The second-order valence-corrected chi connectivity index (χ2v) is 3.94. The molecule has 0 aromatic heterocycles. The monoisotopic (exact) mass is 227 g/mol. The van der Waals surface area contributed by atoms with E-state index in [2.05, 4.69) is 13.2 Å². The Labute approximate surface area is 101 Å². The summed E-state index contributed by atoms with van der Waals surface area (Å²) in [5.74, 6) is -0.485. The molecule has 1 aromatic carbocycles. The minimum absolute atomic E-state index is 0.0665. The number of hydrogen-bond donors (Lipinski definition) is 0. The number of hydrogen-bond acceptors (Lipinski definition) is 1. The van der Waals surface area contributed by atoms with Gasteiger partial charge in [0.25, 0.3) is 0 Å². The molecule has 0 saturated heterocycles. The number of benzene rings is 1. The van der Waals surface area contributed by atoms with Crippen molar-refractivity contribution in [2.45, 2.75) is 13.3 Å². The Hall–Kier alpha value is -2.14. The Bertz CT molecular complexity index is 518. The first-order chi connectivity index (χ1) is 8.02. The minimum atomic E-state index is -0.485. The molecule has 0 fully saturated rings. The third-order valence-electron chi connectivity index (χ3n) is 2.19. The Balaban J connectivity index is 2.77. The zero-order valence-electron chi connectivity index (χ0n) is 9.83. The first kappa shape index (κ1) is 12.9. The molecular formula is C15H14FN. The third kappa shape index (κ3) is 4.08. The lowest BCUT2D eigenvalue weighted by atomic mass is 10.0. The summed E-state index contributed by atoms with van der Waals surface area (Å²) in [5.41, 5.74) is 2.68. The van der Waals surface area contributed by atoms with E-state index in [-0.39, 0.29) is 5.56 Å². The fourth-order valence-corrected chi connectivity index (χ4v) is 1.34. The first-order valence-electron chi connectivity index (χ1n) is 5.23. The SMILES string of the molecule is C=C(C)/C=C\C(=C)Cc1ccc(C#N)c(F)c1. The molecule has 0 unspecified atom stereocenters. The minimum Gasteiger partial charge on any atom is -0.206 e. The van der Waals surface area contributed by atoms with Gasteiger partial charge in [0.2, 0.25) is 0 Å². The van der Waals surface area contributed by atoms with Crippen LogP contribution >= 0.6 is 0 Å². The van der Waals surface area contributed by atoms with Gasteiger partial charge in [-0.2, -0.15) is 5.26 Å². The molecule has 0 saturated carbocycles. The fourth-order valence-electron chi connectivity index (χ4n) is 1.34. The van der Waals surface area contributed by atoms with Crippen molar-refractivity contribution in [3.8, 4) is 6.07 Å². The van der Waals surface area contributed by atoms with Crippen LogP contribution in [0, 0.1) is 17.1 Å². The zero-order chi connectivity index (χ0) is 12.8. The van der Waals surface area contributed by atoms with E-state index < -0.39 is 5.82 Å². The molecule has 0 radical (unpaired) electrons. The van der Waals surface area contributed by atoms with Crippen molar-refractivity contribution in [3.63, 3.8) is 0 Å². The molecule has 17 heavy (non-hydrogen) atoms. The number of allylic oxidation sites excluding steroid dienone is 4. The smallest absolute Gasteiger partial charge is 0.141 e. The van der Waals surface area contributed by atoms with Crippen LogP contribution in [0.5, 0.6) is 0 Å². The van der Waals surface area contributed by atoms with Gasteiger partial charge < -0.3 is 0 Å². The molecule has 0 aliphatic rings. The molecule has 86 valence electrons. The van der Waals surface area contributed by atoms with Gasteiger partial charge in [-0.1, -0.05) is 42.5 Å². The lowest BCUT2D eigenvalue weighted by Crippen LogP contribution is -1.91. The normalized spacial score (nSPS) is 10.2.